The van der Waals surface area contributed by atoms with Gasteiger partial charge in [0.1, 0.15) is 7.85 Å². The van der Waals surface area contributed by atoms with Gasteiger partial charge in [-0.05, 0) is 13.0 Å². The van der Waals surface area contributed by atoms with Crippen LogP contribution in [0.2, 0.25) is 0 Å². The highest BCUT2D eigenvalue weighted by Gasteiger charge is 1.85. The Balaban J connectivity index is 3.13. The van der Waals surface area contributed by atoms with Crippen LogP contribution in [-0.4, -0.2) is 12.8 Å². The summed E-state index contributed by atoms with van der Waals surface area (Å²) < 4.78 is 0. The van der Waals surface area contributed by atoms with Gasteiger partial charge in [0.25, 0.3) is 0 Å². The lowest BCUT2D eigenvalue weighted by Crippen LogP contribution is -2.07. The molecule has 0 bridgehead atoms. The van der Waals surface area contributed by atoms with E-state index < -0.39 is 0 Å². The fraction of sp³-hybridized carbons (Fsp3) is 0.167. The molecule has 1 nitrogen and oxygen atoms in total. The summed E-state index contributed by atoms with van der Waals surface area (Å²) in [6.45, 7) is 1.88. The van der Waals surface area contributed by atoms with Crippen molar-refractivity contribution in [3.05, 3.63) is 24.0 Å². The average Bonchev–Trinajstić information content (AvgIpc) is 1.77. The molecule has 1 aromatic heterocycles. The maximum absolute atomic E-state index is 5.46. The number of aryl methyl sites for hydroxylation is 1. The molecule has 8 heavy (non-hydrogen) atoms. The van der Waals surface area contributed by atoms with Crippen molar-refractivity contribution in [2.75, 3.05) is 0 Å². The molecule has 0 aliphatic carbocycles. The second kappa shape index (κ2) is 1.99. The molecule has 0 aromatic carbocycles. The van der Waals surface area contributed by atoms with Gasteiger partial charge in [-0.2, -0.15) is 0 Å². The Hall–Kier alpha value is -0.785. The summed E-state index contributed by atoms with van der Waals surface area (Å²) >= 11 is 0. The van der Waals surface area contributed by atoms with Crippen LogP contribution >= 0.6 is 0 Å². The third-order valence-electron chi connectivity index (χ3n) is 1.05. The zero-order valence-corrected chi connectivity index (χ0v) is 4.76. The van der Waals surface area contributed by atoms with Crippen molar-refractivity contribution in [1.29, 1.82) is 0 Å². The van der Waals surface area contributed by atoms with Gasteiger partial charge in [-0.25, -0.2) is 0 Å². The first-order valence-corrected chi connectivity index (χ1v) is 2.48. The summed E-state index contributed by atoms with van der Waals surface area (Å²) in [4.78, 5) is 3.95. The maximum atomic E-state index is 5.46. The zero-order valence-electron chi connectivity index (χ0n) is 4.76. The predicted molar refractivity (Wildman–Crippen MR) is 34.4 cm³/mol. The molecule has 0 saturated heterocycles. The first kappa shape index (κ1) is 5.35. The smallest absolute Gasteiger partial charge is 0.116 e. The van der Waals surface area contributed by atoms with Crippen LogP contribution in [-0.2, 0) is 0 Å². The first-order chi connectivity index (χ1) is 3.80. The Labute approximate surface area is 50.2 Å². The molecule has 0 fully saturated rings. The SMILES string of the molecule is [B]c1cccnc1C. The summed E-state index contributed by atoms with van der Waals surface area (Å²) in [7, 11) is 5.46. The van der Waals surface area contributed by atoms with E-state index in [2.05, 4.69) is 4.98 Å². The Kier molecular flexibility index (Phi) is 1.33. The Bertz CT molecular complexity index is 165. The maximum Gasteiger partial charge on any atom is 0.116 e. The van der Waals surface area contributed by atoms with Crippen LogP contribution in [0.15, 0.2) is 18.3 Å². The lowest BCUT2D eigenvalue weighted by atomic mass is 9.95. The van der Waals surface area contributed by atoms with Gasteiger partial charge in [-0.15, -0.1) is 0 Å². The molecule has 1 heterocycles. The normalized spacial score (nSPS) is 9.12. The van der Waals surface area contributed by atoms with Crippen molar-refractivity contribution < 1.29 is 0 Å². The van der Waals surface area contributed by atoms with E-state index in [9.17, 15) is 0 Å². The third kappa shape index (κ3) is 0.888. The molecular weight excluding hydrogens is 96.9 g/mol. The minimum Gasteiger partial charge on any atom is -0.262 e. The molecule has 2 heteroatoms. The molecule has 0 aliphatic heterocycles. The highest BCUT2D eigenvalue weighted by Crippen LogP contribution is 1.81. The fourth-order valence-corrected chi connectivity index (χ4v) is 0.497. The van der Waals surface area contributed by atoms with Crippen LogP contribution in [0.5, 0.6) is 0 Å². The van der Waals surface area contributed by atoms with Crippen molar-refractivity contribution in [1.82, 2.24) is 4.98 Å². The van der Waals surface area contributed by atoms with Crippen LogP contribution in [0, 0.1) is 6.92 Å². The number of pyridine rings is 1. The average molecular weight is 103 g/mol. The molecule has 2 radical (unpaired) electrons. The van der Waals surface area contributed by atoms with Crippen LogP contribution in [0.4, 0.5) is 0 Å². The molecule has 0 saturated carbocycles. The van der Waals surface area contributed by atoms with Gasteiger partial charge in [0.05, 0.1) is 0 Å². The van der Waals surface area contributed by atoms with E-state index in [0.29, 0.717) is 0 Å². The molecule has 0 amide bonds. The van der Waals surface area contributed by atoms with Gasteiger partial charge in [0, 0.05) is 11.9 Å². The predicted octanol–water partition coefficient (Wildman–Crippen LogP) is 0.184. The highest BCUT2D eigenvalue weighted by atomic mass is 14.6. The van der Waals surface area contributed by atoms with Crippen molar-refractivity contribution in [2.24, 2.45) is 0 Å². The van der Waals surface area contributed by atoms with Crippen molar-refractivity contribution in [2.45, 2.75) is 6.92 Å². The van der Waals surface area contributed by atoms with Gasteiger partial charge in [0.2, 0.25) is 0 Å². The molecule has 0 unspecified atom stereocenters. The van der Waals surface area contributed by atoms with E-state index in [0.717, 1.165) is 11.2 Å². The van der Waals surface area contributed by atoms with Crippen LogP contribution in [0.25, 0.3) is 0 Å². The molecule has 0 spiro atoms. The van der Waals surface area contributed by atoms with Crippen molar-refractivity contribution in [3.8, 4) is 0 Å². The Morgan fingerprint density at radius 1 is 1.62 bits per heavy atom. The summed E-state index contributed by atoms with van der Waals surface area (Å²) in [6, 6.07) is 3.66. The van der Waals surface area contributed by atoms with E-state index >= 15 is 0 Å². The molecule has 38 valence electrons. The fourth-order valence-electron chi connectivity index (χ4n) is 0.497. The Morgan fingerprint density at radius 2 is 2.38 bits per heavy atom. The van der Waals surface area contributed by atoms with E-state index in [1.54, 1.807) is 6.20 Å². The molecule has 0 aliphatic rings. The summed E-state index contributed by atoms with van der Waals surface area (Å²) in [5.41, 5.74) is 1.65. The quantitative estimate of drug-likeness (QED) is 0.427. The monoisotopic (exact) mass is 103 g/mol. The number of hydrogen-bond acceptors (Lipinski definition) is 1. The number of hydrogen-bond donors (Lipinski definition) is 0. The standard InChI is InChI=1S/C6H6BN/c1-5-6(7)3-2-4-8-5/h2-4H,1H3. The zero-order chi connectivity index (χ0) is 5.98. The van der Waals surface area contributed by atoms with E-state index in [1.165, 1.54) is 0 Å². The van der Waals surface area contributed by atoms with E-state index in [1.807, 2.05) is 19.1 Å². The summed E-state index contributed by atoms with van der Waals surface area (Å²) in [5, 5.41) is 0. The molecule has 1 aromatic rings. The minimum atomic E-state index is 0.757. The lowest BCUT2D eigenvalue weighted by molar-refractivity contribution is 1.22. The van der Waals surface area contributed by atoms with E-state index in [4.69, 9.17) is 7.85 Å². The molecule has 0 atom stereocenters. The summed E-state index contributed by atoms with van der Waals surface area (Å²) in [5.74, 6) is 0. The Morgan fingerprint density at radius 3 is 2.75 bits per heavy atom. The van der Waals surface area contributed by atoms with Gasteiger partial charge >= 0.3 is 0 Å². The van der Waals surface area contributed by atoms with Crippen LogP contribution < -0.4 is 5.46 Å². The second-order valence-corrected chi connectivity index (χ2v) is 1.68. The third-order valence-corrected chi connectivity index (χ3v) is 1.05. The van der Waals surface area contributed by atoms with Gasteiger partial charge in [0.15, 0.2) is 0 Å². The molecule has 0 N–H and O–H groups in total. The topological polar surface area (TPSA) is 12.9 Å². The minimum absolute atomic E-state index is 0.757. The van der Waals surface area contributed by atoms with E-state index in [-0.39, 0.29) is 0 Å². The van der Waals surface area contributed by atoms with Crippen molar-refractivity contribution in [3.63, 3.8) is 0 Å². The van der Waals surface area contributed by atoms with Crippen LogP contribution in [0.1, 0.15) is 5.69 Å². The second-order valence-electron chi connectivity index (χ2n) is 1.68. The van der Waals surface area contributed by atoms with Gasteiger partial charge in [-0.1, -0.05) is 11.5 Å². The molecule has 1 rings (SSSR count). The lowest BCUT2D eigenvalue weighted by Gasteiger charge is -1.92. The summed E-state index contributed by atoms with van der Waals surface area (Å²) in [6.07, 6.45) is 1.73. The van der Waals surface area contributed by atoms with Gasteiger partial charge < -0.3 is 0 Å². The number of nitrogens with zero attached hydrogens (tertiary/aromatic N) is 1. The number of aromatic nitrogens is 1. The largest absolute Gasteiger partial charge is 0.262 e. The highest BCUT2D eigenvalue weighted by molar-refractivity contribution is 6.32. The van der Waals surface area contributed by atoms with Crippen LogP contribution in [0.3, 0.4) is 0 Å². The van der Waals surface area contributed by atoms with Crippen molar-refractivity contribution >= 4 is 13.3 Å². The number of rotatable bonds is 0. The molecular formula is C6H6BN. The van der Waals surface area contributed by atoms with Gasteiger partial charge in [-0.3, -0.25) is 4.98 Å². The first-order valence-electron chi connectivity index (χ1n) is 2.48.